The van der Waals surface area contributed by atoms with Crippen molar-refractivity contribution < 1.29 is 13.5 Å². The van der Waals surface area contributed by atoms with E-state index < -0.39 is 12.0 Å². The predicted octanol–water partition coefficient (Wildman–Crippen LogP) is 1.15. The highest BCUT2D eigenvalue weighted by molar-refractivity contribution is 4.86. The smallest absolute Gasteiger partial charge is 0.241 e. The molecule has 1 aliphatic rings. The number of halogens is 2. The van der Waals surface area contributed by atoms with Gasteiger partial charge in [-0.3, -0.25) is 0 Å². The van der Waals surface area contributed by atoms with Crippen LogP contribution in [0.15, 0.2) is 0 Å². The molecule has 0 aromatic heterocycles. The van der Waals surface area contributed by atoms with Gasteiger partial charge in [-0.2, -0.15) is 0 Å². The molecule has 0 amide bonds. The molecular formula is C7H13F2NO. The van der Waals surface area contributed by atoms with E-state index in [1.54, 1.807) is 0 Å². The van der Waals surface area contributed by atoms with E-state index >= 15 is 0 Å². The van der Waals surface area contributed by atoms with E-state index in [1.807, 2.05) is 0 Å². The first kappa shape index (κ1) is 8.87. The second-order valence-corrected chi connectivity index (χ2v) is 2.93. The summed E-state index contributed by atoms with van der Waals surface area (Å²) < 4.78 is 29.2. The minimum atomic E-state index is -2.31. The lowest BCUT2D eigenvalue weighted by molar-refractivity contribution is -0.0364. The van der Waals surface area contributed by atoms with Crippen LogP contribution in [-0.4, -0.2) is 25.2 Å². The van der Waals surface area contributed by atoms with Crippen molar-refractivity contribution in [2.75, 3.05) is 13.2 Å². The minimum Gasteiger partial charge on any atom is -0.373 e. The van der Waals surface area contributed by atoms with Crippen LogP contribution in [0, 0.1) is 0 Å². The molecule has 0 aliphatic carbocycles. The van der Waals surface area contributed by atoms with Gasteiger partial charge in [-0.05, 0) is 12.8 Å². The van der Waals surface area contributed by atoms with Crippen molar-refractivity contribution in [3.63, 3.8) is 0 Å². The first-order valence-electron chi connectivity index (χ1n) is 3.81. The molecule has 2 N–H and O–H groups in total. The highest BCUT2D eigenvalue weighted by atomic mass is 19.3. The molecule has 1 heterocycles. The standard InChI is InChI=1S/C7H13F2NO/c8-6(9)4-7(5-10)2-1-3-11-7/h6H,1-5,10H2. The van der Waals surface area contributed by atoms with Gasteiger partial charge in [0.15, 0.2) is 0 Å². The van der Waals surface area contributed by atoms with Crippen LogP contribution in [0.3, 0.4) is 0 Å². The Kier molecular flexibility index (Phi) is 2.78. The van der Waals surface area contributed by atoms with Crippen LogP contribution in [0.1, 0.15) is 19.3 Å². The van der Waals surface area contributed by atoms with Crippen LogP contribution in [0.5, 0.6) is 0 Å². The van der Waals surface area contributed by atoms with Crippen LogP contribution in [-0.2, 0) is 4.74 Å². The maximum absolute atomic E-state index is 12.0. The number of hydrogen-bond donors (Lipinski definition) is 1. The van der Waals surface area contributed by atoms with Crippen molar-refractivity contribution in [2.45, 2.75) is 31.3 Å². The summed E-state index contributed by atoms with van der Waals surface area (Å²) in [7, 11) is 0. The quantitative estimate of drug-likeness (QED) is 0.680. The Morgan fingerprint density at radius 3 is 2.64 bits per heavy atom. The van der Waals surface area contributed by atoms with Gasteiger partial charge in [-0.15, -0.1) is 0 Å². The first-order valence-corrected chi connectivity index (χ1v) is 3.81. The predicted molar refractivity (Wildman–Crippen MR) is 37.6 cm³/mol. The molecule has 1 saturated heterocycles. The second kappa shape index (κ2) is 3.45. The fourth-order valence-corrected chi connectivity index (χ4v) is 1.44. The normalized spacial score (nSPS) is 31.6. The zero-order chi connectivity index (χ0) is 8.32. The summed E-state index contributed by atoms with van der Waals surface area (Å²) >= 11 is 0. The fourth-order valence-electron chi connectivity index (χ4n) is 1.44. The molecule has 0 bridgehead atoms. The molecule has 66 valence electrons. The molecule has 2 nitrogen and oxygen atoms in total. The Morgan fingerprint density at radius 2 is 2.27 bits per heavy atom. The maximum Gasteiger partial charge on any atom is 0.241 e. The number of ether oxygens (including phenoxy) is 1. The van der Waals surface area contributed by atoms with Crippen molar-refractivity contribution in [3.8, 4) is 0 Å². The van der Waals surface area contributed by atoms with Gasteiger partial charge in [-0.1, -0.05) is 0 Å². The third kappa shape index (κ3) is 2.10. The Hall–Kier alpha value is -0.220. The lowest BCUT2D eigenvalue weighted by Crippen LogP contribution is -2.38. The third-order valence-corrected chi connectivity index (χ3v) is 2.08. The van der Waals surface area contributed by atoms with Crippen molar-refractivity contribution in [1.82, 2.24) is 0 Å². The van der Waals surface area contributed by atoms with Crippen LogP contribution < -0.4 is 5.73 Å². The first-order chi connectivity index (χ1) is 5.18. The Morgan fingerprint density at radius 1 is 1.55 bits per heavy atom. The van der Waals surface area contributed by atoms with Gasteiger partial charge >= 0.3 is 0 Å². The van der Waals surface area contributed by atoms with Gasteiger partial charge in [0.1, 0.15) is 0 Å². The molecule has 0 saturated carbocycles. The van der Waals surface area contributed by atoms with Crippen LogP contribution in [0.4, 0.5) is 8.78 Å². The highest BCUT2D eigenvalue weighted by Gasteiger charge is 2.36. The van der Waals surface area contributed by atoms with E-state index in [1.165, 1.54) is 0 Å². The van der Waals surface area contributed by atoms with Crippen LogP contribution in [0.2, 0.25) is 0 Å². The lowest BCUT2D eigenvalue weighted by atomic mass is 9.96. The molecular weight excluding hydrogens is 152 g/mol. The Labute approximate surface area is 64.7 Å². The monoisotopic (exact) mass is 165 g/mol. The molecule has 1 atom stereocenters. The number of nitrogens with two attached hydrogens (primary N) is 1. The van der Waals surface area contributed by atoms with E-state index in [-0.39, 0.29) is 13.0 Å². The number of hydrogen-bond acceptors (Lipinski definition) is 2. The molecule has 1 unspecified atom stereocenters. The van der Waals surface area contributed by atoms with Gasteiger partial charge in [-0.25, -0.2) is 8.78 Å². The summed E-state index contributed by atoms with van der Waals surface area (Å²) in [4.78, 5) is 0. The van der Waals surface area contributed by atoms with Crippen LogP contribution >= 0.6 is 0 Å². The zero-order valence-corrected chi connectivity index (χ0v) is 6.35. The average Bonchev–Trinajstić information content (AvgIpc) is 2.36. The van der Waals surface area contributed by atoms with Crippen molar-refractivity contribution in [1.29, 1.82) is 0 Å². The fraction of sp³-hybridized carbons (Fsp3) is 1.00. The Balaban J connectivity index is 2.45. The van der Waals surface area contributed by atoms with Crippen molar-refractivity contribution >= 4 is 0 Å². The molecule has 4 heteroatoms. The van der Waals surface area contributed by atoms with Crippen molar-refractivity contribution in [3.05, 3.63) is 0 Å². The summed E-state index contributed by atoms with van der Waals surface area (Å²) in [6, 6.07) is 0. The molecule has 0 aromatic rings. The van der Waals surface area contributed by atoms with Crippen LogP contribution in [0.25, 0.3) is 0 Å². The molecule has 11 heavy (non-hydrogen) atoms. The molecule has 1 rings (SSSR count). The topological polar surface area (TPSA) is 35.2 Å². The largest absolute Gasteiger partial charge is 0.373 e. The SMILES string of the molecule is NCC1(CC(F)F)CCCO1. The molecule has 1 aliphatic heterocycles. The van der Waals surface area contributed by atoms with E-state index in [2.05, 4.69) is 0 Å². The summed E-state index contributed by atoms with van der Waals surface area (Å²) in [6.07, 6.45) is -1.00. The summed E-state index contributed by atoms with van der Waals surface area (Å²) in [5.41, 5.74) is 4.64. The maximum atomic E-state index is 12.0. The van der Waals surface area contributed by atoms with Gasteiger partial charge in [0.25, 0.3) is 0 Å². The minimum absolute atomic E-state index is 0.206. The third-order valence-electron chi connectivity index (χ3n) is 2.08. The highest BCUT2D eigenvalue weighted by Crippen LogP contribution is 2.30. The molecule has 0 radical (unpaired) electrons. The van der Waals surface area contributed by atoms with Crippen molar-refractivity contribution in [2.24, 2.45) is 5.73 Å². The van der Waals surface area contributed by atoms with E-state index in [0.717, 1.165) is 6.42 Å². The Bertz CT molecular complexity index is 124. The van der Waals surface area contributed by atoms with Gasteiger partial charge in [0.05, 0.1) is 5.60 Å². The van der Waals surface area contributed by atoms with Gasteiger partial charge in [0.2, 0.25) is 6.43 Å². The van der Waals surface area contributed by atoms with E-state index in [9.17, 15) is 8.78 Å². The average molecular weight is 165 g/mol. The number of alkyl halides is 2. The summed E-state index contributed by atoms with van der Waals surface area (Å²) in [5, 5.41) is 0. The zero-order valence-electron chi connectivity index (χ0n) is 6.35. The second-order valence-electron chi connectivity index (χ2n) is 2.93. The summed E-state index contributed by atoms with van der Waals surface area (Å²) in [6.45, 7) is 0.779. The van der Waals surface area contributed by atoms with Gasteiger partial charge in [0, 0.05) is 19.6 Å². The lowest BCUT2D eigenvalue weighted by Gasteiger charge is -2.25. The van der Waals surface area contributed by atoms with Gasteiger partial charge < -0.3 is 10.5 Å². The van der Waals surface area contributed by atoms with E-state index in [0.29, 0.717) is 13.0 Å². The molecule has 1 fully saturated rings. The number of rotatable bonds is 3. The molecule has 0 aromatic carbocycles. The molecule has 0 spiro atoms. The van der Waals surface area contributed by atoms with E-state index in [4.69, 9.17) is 10.5 Å². The summed E-state index contributed by atoms with van der Waals surface area (Å²) in [5.74, 6) is 0.